The quantitative estimate of drug-likeness (QED) is 0.706. The van der Waals surface area contributed by atoms with E-state index in [0.29, 0.717) is 22.4 Å². The summed E-state index contributed by atoms with van der Waals surface area (Å²) in [5.41, 5.74) is 2.36. The Morgan fingerprint density at radius 2 is 1.88 bits per heavy atom. The molecule has 3 aromatic rings. The second-order valence-electron chi connectivity index (χ2n) is 5.51. The summed E-state index contributed by atoms with van der Waals surface area (Å²) in [4.78, 5) is 23.9. The third kappa shape index (κ3) is 3.90. The van der Waals surface area contributed by atoms with Gasteiger partial charge >= 0.3 is 0 Å². The van der Waals surface area contributed by atoms with Crippen LogP contribution in [0.1, 0.15) is 21.6 Å². The van der Waals surface area contributed by atoms with Crippen LogP contribution in [0.5, 0.6) is 0 Å². The lowest BCUT2D eigenvalue weighted by atomic mass is 10.1. The van der Waals surface area contributed by atoms with Crippen molar-refractivity contribution < 1.29 is 14.1 Å². The molecular formula is C20H17N3O3. The van der Waals surface area contributed by atoms with Gasteiger partial charge in [-0.1, -0.05) is 41.3 Å². The maximum Gasteiger partial charge on any atom is 0.252 e. The number of rotatable bonds is 4. The molecule has 0 bridgehead atoms. The van der Waals surface area contributed by atoms with Crippen LogP contribution in [0.4, 0.5) is 0 Å². The van der Waals surface area contributed by atoms with Gasteiger partial charge in [0, 0.05) is 18.0 Å². The van der Waals surface area contributed by atoms with Crippen LogP contribution in [0, 0.1) is 11.8 Å². The summed E-state index contributed by atoms with van der Waals surface area (Å²) in [6.07, 6.45) is 0.119. The monoisotopic (exact) mass is 347 g/mol. The molecule has 0 aliphatic rings. The molecule has 3 rings (SSSR count). The molecule has 6 nitrogen and oxygen atoms in total. The molecule has 2 amide bonds. The number of nitrogens with zero attached hydrogens (tertiary/aromatic N) is 1. The zero-order valence-electron chi connectivity index (χ0n) is 14.2. The number of hydrogen-bond donors (Lipinski definition) is 2. The van der Waals surface area contributed by atoms with Crippen molar-refractivity contribution in [1.82, 2.24) is 15.8 Å². The first kappa shape index (κ1) is 17.2. The number of para-hydroxylation sites is 1. The van der Waals surface area contributed by atoms with Gasteiger partial charge in [-0.25, -0.2) is 0 Å². The topological polar surface area (TPSA) is 84.2 Å². The molecule has 0 radical (unpaired) electrons. The van der Waals surface area contributed by atoms with Gasteiger partial charge in [-0.05, 0) is 24.3 Å². The zero-order valence-corrected chi connectivity index (χ0v) is 14.2. The van der Waals surface area contributed by atoms with Crippen molar-refractivity contribution in [3.8, 4) is 11.8 Å². The summed E-state index contributed by atoms with van der Waals surface area (Å²) in [6, 6.07) is 14.4. The molecule has 6 heteroatoms. The molecule has 2 aromatic carbocycles. The van der Waals surface area contributed by atoms with Crippen LogP contribution in [0.25, 0.3) is 11.0 Å². The van der Waals surface area contributed by atoms with Gasteiger partial charge in [-0.15, -0.1) is 0 Å². The lowest BCUT2D eigenvalue weighted by Crippen LogP contribution is -2.25. The summed E-state index contributed by atoms with van der Waals surface area (Å²) in [5.74, 6) is 5.38. The van der Waals surface area contributed by atoms with Gasteiger partial charge in [-0.3, -0.25) is 9.59 Å². The Morgan fingerprint density at radius 3 is 2.73 bits per heavy atom. The van der Waals surface area contributed by atoms with Crippen molar-refractivity contribution in [3.63, 3.8) is 0 Å². The maximum atomic E-state index is 12.1. The average molecular weight is 347 g/mol. The Labute approximate surface area is 150 Å². The van der Waals surface area contributed by atoms with Gasteiger partial charge in [0.05, 0.1) is 18.5 Å². The van der Waals surface area contributed by atoms with Crippen LogP contribution < -0.4 is 10.6 Å². The predicted molar refractivity (Wildman–Crippen MR) is 97.4 cm³/mol. The minimum atomic E-state index is -0.197. The average Bonchev–Trinajstić information content (AvgIpc) is 3.08. The molecule has 0 saturated heterocycles. The van der Waals surface area contributed by atoms with E-state index in [1.165, 1.54) is 0 Å². The third-order valence-corrected chi connectivity index (χ3v) is 3.78. The molecule has 1 aromatic heterocycles. The van der Waals surface area contributed by atoms with Gasteiger partial charge < -0.3 is 15.2 Å². The van der Waals surface area contributed by atoms with E-state index in [1.807, 2.05) is 24.3 Å². The predicted octanol–water partition coefficient (Wildman–Crippen LogP) is 1.90. The molecule has 0 fully saturated rings. The molecule has 130 valence electrons. The van der Waals surface area contributed by atoms with Gasteiger partial charge in [-0.2, -0.15) is 0 Å². The van der Waals surface area contributed by atoms with Crippen LogP contribution >= 0.6 is 0 Å². The van der Waals surface area contributed by atoms with Crippen molar-refractivity contribution >= 4 is 22.8 Å². The molecule has 2 N–H and O–H groups in total. The van der Waals surface area contributed by atoms with Crippen molar-refractivity contribution in [2.75, 3.05) is 13.6 Å². The highest BCUT2D eigenvalue weighted by atomic mass is 16.5. The Bertz CT molecular complexity index is 1010. The molecule has 0 aliphatic heterocycles. The van der Waals surface area contributed by atoms with E-state index < -0.39 is 0 Å². The molecule has 26 heavy (non-hydrogen) atoms. The molecule has 0 spiro atoms. The first-order valence-corrected chi connectivity index (χ1v) is 8.09. The number of carbonyl (C=O) groups excluding carboxylic acids is 2. The third-order valence-electron chi connectivity index (χ3n) is 3.78. The number of benzene rings is 2. The van der Waals surface area contributed by atoms with E-state index in [1.54, 1.807) is 31.3 Å². The summed E-state index contributed by atoms with van der Waals surface area (Å²) < 4.78 is 5.18. The zero-order chi connectivity index (χ0) is 18.4. The van der Waals surface area contributed by atoms with Crippen molar-refractivity contribution in [2.45, 2.75) is 6.42 Å². The summed E-state index contributed by atoms with van der Waals surface area (Å²) in [6.45, 7) is 0.177. The van der Waals surface area contributed by atoms with Gasteiger partial charge in [0.2, 0.25) is 5.91 Å². The highest BCUT2D eigenvalue weighted by Crippen LogP contribution is 2.17. The SMILES string of the molecule is CNC(=O)c1ccccc1C#CCNC(=O)Cc1noc2ccccc12. The Balaban J connectivity index is 1.60. The first-order valence-electron chi connectivity index (χ1n) is 8.09. The minimum absolute atomic E-state index is 0.119. The number of nitrogens with one attached hydrogen (secondary N) is 2. The summed E-state index contributed by atoms with van der Waals surface area (Å²) in [7, 11) is 1.57. The van der Waals surface area contributed by atoms with E-state index in [0.717, 1.165) is 5.39 Å². The standard InChI is InChI=1S/C20H17N3O3/c1-21-20(25)15-9-3-2-7-14(15)8-6-12-22-19(24)13-17-16-10-4-5-11-18(16)26-23-17/h2-5,7,9-11H,12-13H2,1H3,(H,21,25)(H,22,24). The first-order chi connectivity index (χ1) is 12.7. The summed E-state index contributed by atoms with van der Waals surface area (Å²) in [5, 5.41) is 10.1. The van der Waals surface area contributed by atoms with E-state index in [9.17, 15) is 9.59 Å². The van der Waals surface area contributed by atoms with E-state index in [2.05, 4.69) is 27.6 Å². The Kier molecular flexibility index (Phi) is 5.30. The van der Waals surface area contributed by atoms with Crippen LogP contribution in [0.2, 0.25) is 0 Å². The fraction of sp³-hybridized carbons (Fsp3) is 0.150. The van der Waals surface area contributed by atoms with Crippen LogP contribution in [0.15, 0.2) is 53.1 Å². The lowest BCUT2D eigenvalue weighted by molar-refractivity contribution is -0.120. The largest absolute Gasteiger partial charge is 0.356 e. The molecule has 0 unspecified atom stereocenters. The van der Waals surface area contributed by atoms with E-state index in [4.69, 9.17) is 4.52 Å². The van der Waals surface area contributed by atoms with Crippen LogP contribution in [-0.2, 0) is 11.2 Å². The lowest BCUT2D eigenvalue weighted by Gasteiger charge is -2.02. The van der Waals surface area contributed by atoms with Crippen LogP contribution in [0.3, 0.4) is 0 Å². The molecule has 0 aliphatic carbocycles. The highest BCUT2D eigenvalue weighted by molar-refractivity contribution is 5.96. The normalized spacial score (nSPS) is 10.0. The number of hydrogen-bond acceptors (Lipinski definition) is 4. The molecule has 0 atom stereocenters. The number of aromatic nitrogens is 1. The van der Waals surface area contributed by atoms with E-state index in [-0.39, 0.29) is 24.8 Å². The van der Waals surface area contributed by atoms with Crippen LogP contribution in [-0.4, -0.2) is 30.6 Å². The van der Waals surface area contributed by atoms with Crippen molar-refractivity contribution in [3.05, 3.63) is 65.4 Å². The minimum Gasteiger partial charge on any atom is -0.356 e. The maximum absolute atomic E-state index is 12.1. The molecule has 0 saturated carbocycles. The van der Waals surface area contributed by atoms with E-state index >= 15 is 0 Å². The van der Waals surface area contributed by atoms with Gasteiger partial charge in [0.25, 0.3) is 5.91 Å². The fourth-order valence-corrected chi connectivity index (χ4v) is 2.49. The second kappa shape index (κ2) is 7.99. The Morgan fingerprint density at radius 1 is 1.12 bits per heavy atom. The highest BCUT2D eigenvalue weighted by Gasteiger charge is 2.11. The summed E-state index contributed by atoms with van der Waals surface area (Å²) >= 11 is 0. The molecular weight excluding hydrogens is 330 g/mol. The van der Waals surface area contributed by atoms with Gasteiger partial charge in [0.1, 0.15) is 5.69 Å². The smallest absolute Gasteiger partial charge is 0.252 e. The van der Waals surface area contributed by atoms with Crippen molar-refractivity contribution in [1.29, 1.82) is 0 Å². The number of fused-ring (bicyclic) bond motifs is 1. The Hall–Kier alpha value is -3.59. The van der Waals surface area contributed by atoms with Gasteiger partial charge in [0.15, 0.2) is 5.58 Å². The molecule has 1 heterocycles. The second-order valence-corrected chi connectivity index (χ2v) is 5.51. The fourth-order valence-electron chi connectivity index (χ4n) is 2.49. The number of amides is 2. The van der Waals surface area contributed by atoms with Crippen molar-refractivity contribution in [2.24, 2.45) is 0 Å². The number of carbonyl (C=O) groups is 2.